The molecular formula is C3H8NO-. The number of hydrogen-bond acceptors (Lipinski definition) is 1. The standard InChI is InChI=1S/C3H8NO/c1-5-3-2-4/h4H,2-3H2,1H3/q-1. The minimum absolute atomic E-state index is 0.372. The molecule has 0 aliphatic carbocycles. The van der Waals surface area contributed by atoms with E-state index in [1.165, 1.54) is 0 Å². The van der Waals surface area contributed by atoms with Crippen molar-refractivity contribution in [1.82, 2.24) is 0 Å². The Kier molecular flexibility index (Phi) is 3.86. The summed E-state index contributed by atoms with van der Waals surface area (Å²) in [6.07, 6.45) is 0. The first-order chi connectivity index (χ1) is 2.41. The minimum atomic E-state index is 0.372. The Morgan fingerprint density at radius 2 is 2.40 bits per heavy atom. The number of hydrogen-bond donors (Lipinski definition) is 0. The van der Waals surface area contributed by atoms with Crippen molar-refractivity contribution in [3.05, 3.63) is 5.73 Å². The summed E-state index contributed by atoms with van der Waals surface area (Å²) in [5.41, 5.74) is 6.48. The van der Waals surface area contributed by atoms with Crippen molar-refractivity contribution >= 4 is 0 Å². The zero-order chi connectivity index (χ0) is 4.12. The van der Waals surface area contributed by atoms with Crippen LogP contribution in [-0.4, -0.2) is 20.3 Å². The van der Waals surface area contributed by atoms with Crippen molar-refractivity contribution in [3.8, 4) is 0 Å². The summed E-state index contributed by atoms with van der Waals surface area (Å²) < 4.78 is 4.50. The second-order valence-electron chi connectivity index (χ2n) is 0.743. The summed E-state index contributed by atoms with van der Waals surface area (Å²) in [5.74, 6) is 0. The van der Waals surface area contributed by atoms with E-state index in [4.69, 9.17) is 5.73 Å². The maximum atomic E-state index is 6.48. The van der Waals surface area contributed by atoms with Crippen molar-refractivity contribution in [2.45, 2.75) is 0 Å². The normalized spacial score (nSPS) is 8.40. The van der Waals surface area contributed by atoms with Crippen LogP contribution in [0.2, 0.25) is 0 Å². The Bertz CT molecular complexity index is 14.4. The van der Waals surface area contributed by atoms with Crippen LogP contribution in [0.4, 0.5) is 0 Å². The van der Waals surface area contributed by atoms with Crippen LogP contribution in [0.15, 0.2) is 0 Å². The average Bonchev–Trinajstić information content (AvgIpc) is 1.41. The van der Waals surface area contributed by atoms with E-state index >= 15 is 0 Å². The highest BCUT2D eigenvalue weighted by atomic mass is 16.5. The van der Waals surface area contributed by atoms with Crippen LogP contribution < -0.4 is 0 Å². The van der Waals surface area contributed by atoms with Crippen LogP contribution in [0.25, 0.3) is 5.73 Å². The lowest BCUT2D eigenvalue weighted by Crippen LogP contribution is -1.87. The molecule has 2 nitrogen and oxygen atoms in total. The Balaban J connectivity index is 2.19. The van der Waals surface area contributed by atoms with Gasteiger partial charge in [0.1, 0.15) is 0 Å². The quantitative estimate of drug-likeness (QED) is 0.474. The molecule has 0 unspecified atom stereocenters. The maximum Gasteiger partial charge on any atom is 0.0354 e. The summed E-state index contributed by atoms with van der Waals surface area (Å²) in [4.78, 5) is 0. The van der Waals surface area contributed by atoms with Gasteiger partial charge in [0.2, 0.25) is 0 Å². The van der Waals surface area contributed by atoms with Gasteiger partial charge in [-0.05, 0) is 0 Å². The SMILES string of the molecule is COCC[NH-]. The number of methoxy groups -OCH3 is 1. The third kappa shape index (κ3) is 3.92. The summed E-state index contributed by atoms with van der Waals surface area (Å²) >= 11 is 0. The van der Waals surface area contributed by atoms with E-state index in [2.05, 4.69) is 4.74 Å². The van der Waals surface area contributed by atoms with Crippen molar-refractivity contribution in [2.75, 3.05) is 20.3 Å². The maximum absolute atomic E-state index is 6.48. The first-order valence-corrected chi connectivity index (χ1v) is 1.55. The third-order valence-electron chi connectivity index (χ3n) is 0.306. The second kappa shape index (κ2) is 3.92. The molecule has 0 fully saturated rings. The van der Waals surface area contributed by atoms with Crippen LogP contribution in [-0.2, 0) is 4.74 Å². The molecule has 0 atom stereocenters. The van der Waals surface area contributed by atoms with Crippen molar-refractivity contribution in [3.63, 3.8) is 0 Å². The number of ether oxygens (including phenoxy) is 1. The first-order valence-electron chi connectivity index (χ1n) is 1.55. The summed E-state index contributed by atoms with van der Waals surface area (Å²) in [5, 5.41) is 0. The van der Waals surface area contributed by atoms with Crippen LogP contribution in [0.1, 0.15) is 0 Å². The molecule has 0 aromatic rings. The number of nitrogens with one attached hydrogen (secondary N) is 1. The van der Waals surface area contributed by atoms with E-state index < -0.39 is 0 Å². The first kappa shape index (κ1) is 4.92. The fourth-order valence-corrected chi connectivity index (χ4v) is 0.102. The van der Waals surface area contributed by atoms with Gasteiger partial charge in [0.25, 0.3) is 0 Å². The highest BCUT2D eigenvalue weighted by Gasteiger charge is 1.58. The van der Waals surface area contributed by atoms with E-state index in [-0.39, 0.29) is 0 Å². The second-order valence-corrected chi connectivity index (χ2v) is 0.743. The van der Waals surface area contributed by atoms with E-state index in [0.29, 0.717) is 13.2 Å². The molecule has 0 radical (unpaired) electrons. The van der Waals surface area contributed by atoms with Gasteiger partial charge >= 0.3 is 0 Å². The molecule has 0 saturated heterocycles. The molecule has 0 aromatic heterocycles. The fraction of sp³-hybridized carbons (Fsp3) is 1.00. The van der Waals surface area contributed by atoms with Crippen molar-refractivity contribution < 1.29 is 4.74 Å². The monoisotopic (exact) mass is 74.1 g/mol. The topological polar surface area (TPSA) is 33.0 Å². The molecule has 32 valence electrons. The molecule has 0 saturated carbocycles. The van der Waals surface area contributed by atoms with Gasteiger partial charge in [-0.3, -0.25) is 0 Å². The smallest absolute Gasteiger partial charge is 0.0354 e. The van der Waals surface area contributed by atoms with E-state index in [1.54, 1.807) is 7.11 Å². The van der Waals surface area contributed by atoms with E-state index in [9.17, 15) is 0 Å². The van der Waals surface area contributed by atoms with Crippen LogP contribution in [0, 0.1) is 0 Å². The van der Waals surface area contributed by atoms with Crippen LogP contribution in [0.5, 0.6) is 0 Å². The Labute approximate surface area is 31.9 Å². The molecular weight excluding hydrogens is 66.0 g/mol. The predicted octanol–water partition coefficient (Wildman–Crippen LogP) is 0.685. The van der Waals surface area contributed by atoms with Gasteiger partial charge in [0, 0.05) is 13.7 Å². The molecule has 0 rings (SSSR count). The van der Waals surface area contributed by atoms with Gasteiger partial charge in [-0.1, -0.05) is 0 Å². The summed E-state index contributed by atoms with van der Waals surface area (Å²) in [6, 6.07) is 0. The molecule has 0 aromatic carbocycles. The molecule has 0 spiro atoms. The van der Waals surface area contributed by atoms with E-state index in [1.807, 2.05) is 0 Å². The Morgan fingerprint density at radius 3 is 2.40 bits per heavy atom. The van der Waals surface area contributed by atoms with Gasteiger partial charge in [0.15, 0.2) is 0 Å². The molecule has 0 aliphatic rings. The van der Waals surface area contributed by atoms with Crippen LogP contribution in [0.3, 0.4) is 0 Å². The molecule has 1 N–H and O–H groups in total. The lowest BCUT2D eigenvalue weighted by molar-refractivity contribution is 0.213. The average molecular weight is 74.1 g/mol. The van der Waals surface area contributed by atoms with Crippen molar-refractivity contribution in [2.24, 2.45) is 0 Å². The predicted molar refractivity (Wildman–Crippen MR) is 21.1 cm³/mol. The summed E-state index contributed by atoms with van der Waals surface area (Å²) in [7, 11) is 1.59. The molecule has 0 aliphatic heterocycles. The molecule has 2 heteroatoms. The lowest BCUT2D eigenvalue weighted by atomic mass is 10.7. The largest absolute Gasteiger partial charge is 0.676 e. The fourth-order valence-electron chi connectivity index (χ4n) is 0.102. The van der Waals surface area contributed by atoms with Crippen LogP contribution >= 0.6 is 0 Å². The summed E-state index contributed by atoms with van der Waals surface area (Å²) in [6.45, 7) is 0.927. The van der Waals surface area contributed by atoms with Gasteiger partial charge in [-0.15, -0.1) is 6.54 Å². The highest BCUT2D eigenvalue weighted by molar-refractivity contribution is 4.44. The minimum Gasteiger partial charge on any atom is -0.676 e. The molecule has 5 heavy (non-hydrogen) atoms. The molecule has 0 amide bonds. The lowest BCUT2D eigenvalue weighted by Gasteiger charge is -1.93. The van der Waals surface area contributed by atoms with Gasteiger partial charge in [-0.2, -0.15) is 0 Å². The zero-order valence-electron chi connectivity index (χ0n) is 3.32. The van der Waals surface area contributed by atoms with E-state index in [0.717, 1.165) is 0 Å². The Hall–Kier alpha value is -0.0800. The van der Waals surface area contributed by atoms with Gasteiger partial charge in [0.05, 0.1) is 0 Å². The Morgan fingerprint density at radius 1 is 1.80 bits per heavy atom. The number of rotatable bonds is 2. The van der Waals surface area contributed by atoms with Gasteiger partial charge < -0.3 is 10.5 Å². The third-order valence-corrected chi connectivity index (χ3v) is 0.306. The molecule has 0 bridgehead atoms. The highest BCUT2D eigenvalue weighted by Crippen LogP contribution is 1.62. The molecule has 0 heterocycles. The van der Waals surface area contributed by atoms with Crippen molar-refractivity contribution in [1.29, 1.82) is 0 Å². The van der Waals surface area contributed by atoms with Gasteiger partial charge in [-0.25, -0.2) is 0 Å². The zero-order valence-corrected chi connectivity index (χ0v) is 3.32.